The number of nitrogens with zero attached hydrogens (tertiary/aromatic N) is 1. The summed E-state index contributed by atoms with van der Waals surface area (Å²) in [4.78, 5) is 12.8. The zero-order valence-corrected chi connectivity index (χ0v) is 17.7. The zero-order valence-electron chi connectivity index (χ0n) is 16.1. The molecule has 0 atom stereocenters. The third-order valence-electron chi connectivity index (χ3n) is 4.94. The standard InChI is InChI=1S/C22H19ClN2O4S/c1-29-21-10-9-17(14-19(21)23)24-22(26)16-6-4-7-18(13-16)30(27,28)25-12-11-15-5-2-3-8-20(15)25/h2-10,13-14H,11-12H2,1H3,(H,24,26). The Labute approximate surface area is 180 Å². The van der Waals surface area contributed by atoms with Crippen molar-refractivity contribution in [2.24, 2.45) is 0 Å². The minimum atomic E-state index is -3.78. The monoisotopic (exact) mass is 442 g/mol. The Bertz CT molecular complexity index is 1230. The SMILES string of the molecule is COc1ccc(NC(=O)c2cccc(S(=O)(=O)N3CCc4ccccc43)c2)cc1Cl. The maximum absolute atomic E-state index is 13.2. The number of methoxy groups -OCH3 is 1. The number of halogens is 1. The summed E-state index contributed by atoms with van der Waals surface area (Å²) in [5.41, 5.74) is 2.38. The molecular formula is C22H19ClN2O4S. The van der Waals surface area contributed by atoms with Crippen LogP contribution in [-0.4, -0.2) is 28.0 Å². The number of amides is 1. The number of para-hydroxylation sites is 1. The van der Waals surface area contributed by atoms with Crippen LogP contribution >= 0.6 is 11.6 Å². The summed E-state index contributed by atoms with van der Waals surface area (Å²) < 4.78 is 32.9. The number of rotatable bonds is 5. The van der Waals surface area contributed by atoms with Gasteiger partial charge in [-0.25, -0.2) is 8.42 Å². The second-order valence-electron chi connectivity index (χ2n) is 6.79. The lowest BCUT2D eigenvalue weighted by molar-refractivity contribution is 0.102. The molecule has 1 heterocycles. The molecule has 0 spiro atoms. The first kappa shape index (κ1) is 20.3. The van der Waals surface area contributed by atoms with E-state index in [1.54, 1.807) is 36.4 Å². The van der Waals surface area contributed by atoms with Crippen LogP contribution in [0.1, 0.15) is 15.9 Å². The normalized spacial score (nSPS) is 13.1. The van der Waals surface area contributed by atoms with E-state index in [2.05, 4.69) is 5.32 Å². The van der Waals surface area contributed by atoms with E-state index in [0.717, 1.165) is 5.56 Å². The number of benzene rings is 3. The van der Waals surface area contributed by atoms with Crippen molar-refractivity contribution in [3.63, 3.8) is 0 Å². The summed E-state index contributed by atoms with van der Waals surface area (Å²) in [5, 5.41) is 3.09. The van der Waals surface area contributed by atoms with E-state index < -0.39 is 15.9 Å². The molecule has 0 aromatic heterocycles. The molecular weight excluding hydrogens is 424 g/mol. The van der Waals surface area contributed by atoms with Crippen molar-refractivity contribution in [2.45, 2.75) is 11.3 Å². The Morgan fingerprint density at radius 1 is 1.07 bits per heavy atom. The van der Waals surface area contributed by atoms with Crippen LogP contribution in [0.4, 0.5) is 11.4 Å². The van der Waals surface area contributed by atoms with Crippen LogP contribution in [0.25, 0.3) is 0 Å². The van der Waals surface area contributed by atoms with E-state index in [0.29, 0.717) is 35.1 Å². The van der Waals surface area contributed by atoms with Crippen LogP contribution in [0.15, 0.2) is 71.6 Å². The maximum Gasteiger partial charge on any atom is 0.264 e. The second kappa shape index (κ2) is 8.01. The Morgan fingerprint density at radius 2 is 1.87 bits per heavy atom. The molecule has 1 N–H and O–H groups in total. The van der Waals surface area contributed by atoms with Crippen LogP contribution in [0, 0.1) is 0 Å². The van der Waals surface area contributed by atoms with E-state index in [1.165, 1.54) is 23.5 Å². The maximum atomic E-state index is 13.2. The molecule has 0 saturated carbocycles. The van der Waals surface area contributed by atoms with Crippen molar-refractivity contribution in [3.05, 3.63) is 82.9 Å². The summed E-state index contributed by atoms with van der Waals surface area (Å²) in [6.45, 7) is 0.377. The van der Waals surface area contributed by atoms with Crippen LogP contribution in [0.5, 0.6) is 5.75 Å². The molecule has 0 bridgehead atoms. The van der Waals surface area contributed by atoms with E-state index in [9.17, 15) is 13.2 Å². The van der Waals surface area contributed by atoms with Crippen molar-refractivity contribution >= 4 is 38.9 Å². The number of anilines is 2. The number of carbonyl (C=O) groups is 1. The second-order valence-corrected chi connectivity index (χ2v) is 9.06. The minimum Gasteiger partial charge on any atom is -0.495 e. The van der Waals surface area contributed by atoms with Gasteiger partial charge in [0.1, 0.15) is 5.75 Å². The highest BCUT2D eigenvalue weighted by atomic mass is 35.5. The highest BCUT2D eigenvalue weighted by molar-refractivity contribution is 7.92. The van der Waals surface area contributed by atoms with Gasteiger partial charge in [0.25, 0.3) is 15.9 Å². The van der Waals surface area contributed by atoms with Crippen LogP contribution in [0.2, 0.25) is 5.02 Å². The predicted octanol–water partition coefficient (Wildman–Crippen LogP) is 4.35. The van der Waals surface area contributed by atoms with Gasteiger partial charge in [0, 0.05) is 17.8 Å². The summed E-state index contributed by atoms with van der Waals surface area (Å²) in [6.07, 6.45) is 0.661. The van der Waals surface area contributed by atoms with Crippen molar-refractivity contribution in [2.75, 3.05) is 23.3 Å². The van der Waals surface area contributed by atoms with Crippen molar-refractivity contribution < 1.29 is 17.9 Å². The molecule has 0 aliphatic carbocycles. The molecule has 154 valence electrons. The molecule has 3 aromatic carbocycles. The van der Waals surface area contributed by atoms with Gasteiger partial charge < -0.3 is 10.1 Å². The lowest BCUT2D eigenvalue weighted by Crippen LogP contribution is -2.29. The van der Waals surface area contributed by atoms with Gasteiger partial charge >= 0.3 is 0 Å². The average Bonchev–Trinajstić information content (AvgIpc) is 3.19. The number of carbonyl (C=O) groups excluding carboxylic acids is 1. The molecule has 1 aliphatic heterocycles. The van der Waals surface area contributed by atoms with E-state index in [4.69, 9.17) is 16.3 Å². The molecule has 6 nitrogen and oxygen atoms in total. The largest absolute Gasteiger partial charge is 0.495 e. The quantitative estimate of drug-likeness (QED) is 0.637. The van der Waals surface area contributed by atoms with E-state index in [1.807, 2.05) is 18.2 Å². The number of fused-ring (bicyclic) bond motifs is 1. The van der Waals surface area contributed by atoms with Gasteiger partial charge in [-0.05, 0) is 54.4 Å². The summed E-state index contributed by atoms with van der Waals surface area (Å²) in [5.74, 6) is 0.0590. The highest BCUT2D eigenvalue weighted by Gasteiger charge is 2.30. The number of ether oxygens (including phenoxy) is 1. The Kier molecular flexibility index (Phi) is 5.40. The Balaban J connectivity index is 1.59. The molecule has 1 aliphatic rings. The molecule has 0 unspecified atom stereocenters. The van der Waals surface area contributed by atoms with Crippen LogP contribution in [-0.2, 0) is 16.4 Å². The van der Waals surface area contributed by atoms with Crippen LogP contribution in [0.3, 0.4) is 0 Å². The summed E-state index contributed by atoms with van der Waals surface area (Å²) in [6, 6.07) is 18.3. The van der Waals surface area contributed by atoms with Crippen molar-refractivity contribution in [3.8, 4) is 5.75 Å². The lowest BCUT2D eigenvalue weighted by Gasteiger charge is -2.20. The minimum absolute atomic E-state index is 0.0691. The number of hydrogen-bond acceptors (Lipinski definition) is 4. The first-order valence-electron chi connectivity index (χ1n) is 9.26. The first-order valence-corrected chi connectivity index (χ1v) is 11.1. The first-order chi connectivity index (χ1) is 14.4. The summed E-state index contributed by atoms with van der Waals surface area (Å²) >= 11 is 6.10. The van der Waals surface area contributed by atoms with E-state index in [-0.39, 0.29) is 10.5 Å². The zero-order chi connectivity index (χ0) is 21.3. The fourth-order valence-corrected chi connectivity index (χ4v) is 5.24. The number of sulfonamides is 1. The Hall–Kier alpha value is -3.03. The third-order valence-corrected chi connectivity index (χ3v) is 7.04. The topological polar surface area (TPSA) is 75.7 Å². The number of hydrogen-bond donors (Lipinski definition) is 1. The van der Waals surface area contributed by atoms with Gasteiger partial charge in [-0.3, -0.25) is 9.10 Å². The molecule has 30 heavy (non-hydrogen) atoms. The van der Waals surface area contributed by atoms with Gasteiger partial charge in [-0.2, -0.15) is 0 Å². The Morgan fingerprint density at radius 3 is 2.63 bits per heavy atom. The van der Waals surface area contributed by atoms with Gasteiger partial charge in [-0.1, -0.05) is 35.9 Å². The summed E-state index contributed by atoms with van der Waals surface area (Å²) in [7, 11) is -2.28. The number of nitrogens with one attached hydrogen (secondary N) is 1. The molecule has 0 saturated heterocycles. The molecule has 8 heteroatoms. The highest BCUT2D eigenvalue weighted by Crippen LogP contribution is 2.33. The fraction of sp³-hybridized carbons (Fsp3) is 0.136. The molecule has 4 rings (SSSR count). The third kappa shape index (κ3) is 3.74. The van der Waals surface area contributed by atoms with Crippen LogP contribution < -0.4 is 14.4 Å². The predicted molar refractivity (Wildman–Crippen MR) is 117 cm³/mol. The van der Waals surface area contributed by atoms with Gasteiger partial charge in [0.2, 0.25) is 0 Å². The smallest absolute Gasteiger partial charge is 0.264 e. The van der Waals surface area contributed by atoms with Crippen molar-refractivity contribution in [1.29, 1.82) is 0 Å². The van der Waals surface area contributed by atoms with E-state index >= 15 is 0 Å². The lowest BCUT2D eigenvalue weighted by atomic mass is 10.2. The van der Waals surface area contributed by atoms with Gasteiger partial charge in [-0.15, -0.1) is 0 Å². The molecule has 0 fully saturated rings. The molecule has 1 amide bonds. The average molecular weight is 443 g/mol. The van der Waals surface area contributed by atoms with Gasteiger partial charge in [0.15, 0.2) is 0 Å². The van der Waals surface area contributed by atoms with Crippen molar-refractivity contribution in [1.82, 2.24) is 0 Å². The van der Waals surface area contributed by atoms with Gasteiger partial charge in [0.05, 0.1) is 22.7 Å². The molecule has 0 radical (unpaired) electrons. The molecule has 3 aromatic rings. The fourth-order valence-electron chi connectivity index (χ4n) is 3.43.